The van der Waals surface area contributed by atoms with Crippen molar-refractivity contribution in [1.82, 2.24) is 10.3 Å². The summed E-state index contributed by atoms with van der Waals surface area (Å²) in [7, 11) is 0. The van der Waals surface area contributed by atoms with Crippen LogP contribution >= 0.6 is 12.2 Å². The Balaban J connectivity index is 1.97. The highest BCUT2D eigenvalue weighted by Gasteiger charge is 2.14. The van der Waals surface area contributed by atoms with E-state index in [1.807, 2.05) is 12.1 Å². The van der Waals surface area contributed by atoms with E-state index >= 15 is 0 Å². The Morgan fingerprint density at radius 1 is 1.14 bits per heavy atom. The highest BCUT2D eigenvalue weighted by Crippen LogP contribution is 2.23. The largest absolute Gasteiger partial charge is 0.356 e. The number of nitrogens with one attached hydrogen (secondary N) is 2. The lowest BCUT2D eigenvalue weighted by Crippen LogP contribution is -2.30. The number of aromatic nitrogens is 1. The molecule has 0 unspecified atom stereocenters. The highest BCUT2D eigenvalue weighted by atomic mass is 32.1. The Kier molecular flexibility index (Phi) is 5.14. The monoisotopic (exact) mass is 313 g/mol. The molecule has 0 spiro atoms. The highest BCUT2D eigenvalue weighted by molar-refractivity contribution is 7.80. The maximum Gasteiger partial charge on any atom is 0.171 e. The molecule has 0 fully saturated rings. The summed E-state index contributed by atoms with van der Waals surface area (Å²) in [5.74, 6) is 0. The standard InChI is InChI=1S/C18H23N3S/c1-13(14-7-9-15(10-8-14)18(2,3)4)20-17(22)21-16-6-5-11-19-12-16/h5-13H,1-4H3,(H2,20,21,22)/t13-/m1/s1. The minimum Gasteiger partial charge on any atom is -0.356 e. The van der Waals surface area contributed by atoms with E-state index in [2.05, 4.69) is 67.6 Å². The normalized spacial score (nSPS) is 12.5. The third-order valence-corrected chi connectivity index (χ3v) is 3.76. The summed E-state index contributed by atoms with van der Waals surface area (Å²) in [5.41, 5.74) is 3.60. The van der Waals surface area contributed by atoms with Crippen molar-refractivity contribution in [3.8, 4) is 0 Å². The lowest BCUT2D eigenvalue weighted by molar-refractivity contribution is 0.589. The van der Waals surface area contributed by atoms with Gasteiger partial charge >= 0.3 is 0 Å². The molecule has 1 aromatic carbocycles. The predicted octanol–water partition coefficient (Wildman–Crippen LogP) is 4.43. The minimum absolute atomic E-state index is 0.144. The summed E-state index contributed by atoms with van der Waals surface area (Å²) < 4.78 is 0. The summed E-state index contributed by atoms with van der Waals surface area (Å²) >= 11 is 5.35. The zero-order valence-electron chi connectivity index (χ0n) is 13.6. The molecular formula is C18H23N3S. The molecule has 0 saturated heterocycles. The van der Waals surface area contributed by atoms with Gasteiger partial charge in [-0.3, -0.25) is 4.98 Å². The average molecular weight is 313 g/mol. The molecule has 2 aromatic rings. The van der Waals surface area contributed by atoms with E-state index in [0.29, 0.717) is 5.11 Å². The summed E-state index contributed by atoms with van der Waals surface area (Å²) in [6.07, 6.45) is 3.48. The fourth-order valence-corrected chi connectivity index (χ4v) is 2.45. The number of thiocarbonyl (C=S) groups is 1. The van der Waals surface area contributed by atoms with Gasteiger partial charge in [0.15, 0.2) is 5.11 Å². The van der Waals surface area contributed by atoms with Crippen LogP contribution in [0.25, 0.3) is 0 Å². The van der Waals surface area contributed by atoms with Gasteiger partial charge in [0.1, 0.15) is 0 Å². The van der Waals surface area contributed by atoms with Crippen LogP contribution in [0.2, 0.25) is 0 Å². The smallest absolute Gasteiger partial charge is 0.171 e. The molecule has 1 atom stereocenters. The van der Waals surface area contributed by atoms with Crippen molar-refractivity contribution in [1.29, 1.82) is 0 Å². The number of hydrogen-bond acceptors (Lipinski definition) is 2. The molecule has 0 saturated carbocycles. The van der Waals surface area contributed by atoms with Crippen LogP contribution in [-0.2, 0) is 5.41 Å². The van der Waals surface area contributed by atoms with Crippen molar-refractivity contribution < 1.29 is 0 Å². The second kappa shape index (κ2) is 6.88. The quantitative estimate of drug-likeness (QED) is 0.822. The van der Waals surface area contributed by atoms with E-state index in [0.717, 1.165) is 5.69 Å². The van der Waals surface area contributed by atoms with Gasteiger partial charge in [-0.05, 0) is 47.8 Å². The van der Waals surface area contributed by atoms with Crippen LogP contribution in [0, 0.1) is 0 Å². The van der Waals surface area contributed by atoms with Crippen molar-refractivity contribution in [2.24, 2.45) is 0 Å². The zero-order valence-corrected chi connectivity index (χ0v) is 14.4. The molecule has 0 bridgehead atoms. The molecule has 1 aromatic heterocycles. The average Bonchev–Trinajstić information content (AvgIpc) is 2.47. The topological polar surface area (TPSA) is 37.0 Å². The third kappa shape index (κ3) is 4.53. The summed E-state index contributed by atoms with van der Waals surface area (Å²) in [4.78, 5) is 4.06. The first kappa shape index (κ1) is 16.4. The van der Waals surface area contributed by atoms with Crippen LogP contribution < -0.4 is 10.6 Å². The molecule has 0 aliphatic heterocycles. The van der Waals surface area contributed by atoms with E-state index in [1.165, 1.54) is 11.1 Å². The Morgan fingerprint density at radius 2 is 1.82 bits per heavy atom. The number of hydrogen-bond donors (Lipinski definition) is 2. The van der Waals surface area contributed by atoms with Crippen molar-refractivity contribution in [3.63, 3.8) is 0 Å². The van der Waals surface area contributed by atoms with Crippen LogP contribution in [0.3, 0.4) is 0 Å². The second-order valence-electron chi connectivity index (χ2n) is 6.43. The van der Waals surface area contributed by atoms with E-state index in [1.54, 1.807) is 12.4 Å². The second-order valence-corrected chi connectivity index (χ2v) is 6.84. The van der Waals surface area contributed by atoms with Crippen molar-refractivity contribution in [2.45, 2.75) is 39.2 Å². The molecule has 116 valence electrons. The zero-order chi connectivity index (χ0) is 16.2. The van der Waals surface area contributed by atoms with E-state index in [-0.39, 0.29) is 11.5 Å². The molecule has 3 nitrogen and oxygen atoms in total. The molecule has 1 heterocycles. The molecule has 4 heteroatoms. The summed E-state index contributed by atoms with van der Waals surface area (Å²) in [6.45, 7) is 8.76. The maximum atomic E-state index is 5.35. The maximum absolute atomic E-state index is 5.35. The molecule has 0 aliphatic rings. The molecule has 2 N–H and O–H groups in total. The molecule has 2 rings (SSSR count). The Hall–Kier alpha value is -1.94. The van der Waals surface area contributed by atoms with Crippen LogP contribution in [0.15, 0.2) is 48.8 Å². The van der Waals surface area contributed by atoms with Gasteiger partial charge in [-0.15, -0.1) is 0 Å². The van der Waals surface area contributed by atoms with Gasteiger partial charge in [0.25, 0.3) is 0 Å². The van der Waals surface area contributed by atoms with Gasteiger partial charge < -0.3 is 10.6 Å². The first-order valence-electron chi connectivity index (χ1n) is 7.44. The molecule has 0 aliphatic carbocycles. The van der Waals surface area contributed by atoms with Crippen LogP contribution in [-0.4, -0.2) is 10.1 Å². The van der Waals surface area contributed by atoms with Gasteiger partial charge in [-0.25, -0.2) is 0 Å². The number of rotatable bonds is 3. The van der Waals surface area contributed by atoms with Crippen LogP contribution in [0.1, 0.15) is 44.9 Å². The van der Waals surface area contributed by atoms with Crippen LogP contribution in [0.4, 0.5) is 5.69 Å². The number of benzene rings is 1. The first-order chi connectivity index (χ1) is 10.4. The van der Waals surface area contributed by atoms with E-state index < -0.39 is 0 Å². The van der Waals surface area contributed by atoms with Crippen LogP contribution in [0.5, 0.6) is 0 Å². The fraction of sp³-hybridized carbons (Fsp3) is 0.333. The molecular weight excluding hydrogens is 290 g/mol. The van der Waals surface area contributed by atoms with Gasteiger partial charge in [0.2, 0.25) is 0 Å². The molecule has 0 radical (unpaired) electrons. The van der Waals surface area contributed by atoms with Gasteiger partial charge in [-0.2, -0.15) is 0 Å². The van der Waals surface area contributed by atoms with Gasteiger partial charge in [0.05, 0.1) is 17.9 Å². The van der Waals surface area contributed by atoms with Crippen molar-refractivity contribution in [2.75, 3.05) is 5.32 Å². The lowest BCUT2D eigenvalue weighted by atomic mass is 9.86. The van der Waals surface area contributed by atoms with Gasteiger partial charge in [-0.1, -0.05) is 45.0 Å². The number of nitrogens with zero attached hydrogens (tertiary/aromatic N) is 1. The Morgan fingerprint density at radius 3 is 2.36 bits per heavy atom. The van der Waals surface area contributed by atoms with Crippen molar-refractivity contribution in [3.05, 3.63) is 59.9 Å². The summed E-state index contributed by atoms with van der Waals surface area (Å²) in [5, 5.41) is 7.03. The third-order valence-electron chi connectivity index (χ3n) is 3.54. The SMILES string of the molecule is C[C@@H](NC(=S)Nc1cccnc1)c1ccc(C(C)(C)C)cc1. The molecule has 0 amide bonds. The summed E-state index contributed by atoms with van der Waals surface area (Å²) in [6, 6.07) is 12.6. The fourth-order valence-electron chi connectivity index (χ4n) is 2.16. The van der Waals surface area contributed by atoms with E-state index in [4.69, 9.17) is 12.2 Å². The lowest BCUT2D eigenvalue weighted by Gasteiger charge is -2.21. The molecule has 22 heavy (non-hydrogen) atoms. The van der Waals surface area contributed by atoms with Crippen molar-refractivity contribution >= 4 is 23.0 Å². The first-order valence-corrected chi connectivity index (χ1v) is 7.85. The number of pyridine rings is 1. The van der Waals surface area contributed by atoms with E-state index in [9.17, 15) is 0 Å². The Labute approximate surface area is 138 Å². The minimum atomic E-state index is 0.144. The van der Waals surface area contributed by atoms with Gasteiger partial charge in [0, 0.05) is 6.20 Å². The Bertz CT molecular complexity index is 615. The number of anilines is 1. The predicted molar refractivity (Wildman–Crippen MR) is 97.2 cm³/mol.